The van der Waals surface area contributed by atoms with Gasteiger partial charge in [-0.05, 0) is 0 Å². The van der Waals surface area contributed by atoms with Crippen LogP contribution in [0, 0.1) is 0 Å². The average Bonchev–Trinajstić information content (AvgIpc) is 0.759. The molecule has 0 saturated carbocycles. The molecule has 10 aliphatic rings. The van der Waals surface area contributed by atoms with Crippen molar-refractivity contribution in [2.45, 2.75) is 341 Å². The SMILES string of the molecule is CC(=O)N[C@@H]1[C@@H](O)[C@H](O[C@@H]2O[C@H](CO)[C@@H](O[C@@H]3O[C@H](CO[C@H]4O[C@H](CO)[C@@H](O[C@@H]5O[C@H](CO)[C@@H](O[C@@H]6O[C@H](CO)[C@H](O)[C@H](O)[C@H]6O)[C@H](O)[C@H]5NC(C)=O)[C@H](O)[C@@H]4O)[C@@H](O)[C@H](O[C@H]4O[C@H](CO)[C@@H](O[C@@H]5O[C@H](CO)[C@@H](O[C@@H]6O[C@H](CO)[C@H](O)[C@H](O)[C@H]6O)[C@H](O)[C@H]5NC(C)=O)[C@H](O)[C@@H]4O[C@@H]4O[C@H](CO)[C@@H](O)[C@H](O)[C@H]4NC(C)=O)[C@@H]3O)[C@H](O)[C@H]2NC(C)=O)[C@@H](CO)O[C@H]1O. The highest BCUT2D eigenvalue weighted by Gasteiger charge is 2.62. The van der Waals surface area contributed by atoms with Gasteiger partial charge < -0.3 is 254 Å². The molecule has 0 radical (unpaired) electrons. The number of carbonyl (C=O) groups excluding carboxylic acids is 5. The summed E-state index contributed by atoms with van der Waals surface area (Å²) >= 11 is 0. The van der Waals surface area contributed by atoms with Crippen LogP contribution < -0.4 is 26.6 Å². The first-order valence-corrected chi connectivity index (χ1v) is 40.1. The summed E-state index contributed by atoms with van der Waals surface area (Å²) in [7, 11) is 0. The van der Waals surface area contributed by atoms with Crippen LogP contribution in [-0.4, -0.2) is 540 Å². The molecule has 5 amide bonds. The van der Waals surface area contributed by atoms with Gasteiger partial charge in [-0.1, -0.05) is 0 Å². The molecular weight excluding hydrogens is 1730 g/mol. The summed E-state index contributed by atoms with van der Waals surface area (Å²) in [5.41, 5.74) is 0. The van der Waals surface area contributed by atoms with E-state index in [0.29, 0.717) is 0 Å². The van der Waals surface area contributed by atoms with Crippen molar-refractivity contribution in [2.75, 3.05) is 66.1 Å². The van der Waals surface area contributed by atoms with Crippen molar-refractivity contribution >= 4 is 29.5 Å². The normalized spacial score (nSPS) is 48.4. The van der Waals surface area contributed by atoms with E-state index in [-0.39, 0.29) is 0 Å². The number of hydrogen-bond acceptors (Lipinski definition) is 51. The summed E-state index contributed by atoms with van der Waals surface area (Å²) in [5.74, 6) is -4.60. The van der Waals surface area contributed by atoms with Crippen LogP contribution in [0.5, 0.6) is 0 Å². The Labute approximate surface area is 713 Å². The third kappa shape index (κ3) is 22.9. The van der Waals surface area contributed by atoms with Crippen molar-refractivity contribution < 1.29 is 252 Å². The molecule has 0 aromatic heterocycles. The van der Waals surface area contributed by atoms with Crippen molar-refractivity contribution in [1.29, 1.82) is 0 Å². The first-order valence-electron chi connectivity index (χ1n) is 40.1. The molecule has 50 atom stereocenters. The molecule has 0 aromatic carbocycles. The fourth-order valence-electron chi connectivity index (χ4n) is 16.4. The predicted octanol–water partition coefficient (Wildman–Crippen LogP) is -22.1. The van der Waals surface area contributed by atoms with Gasteiger partial charge in [-0.25, -0.2) is 0 Å². The number of carbonyl (C=O) groups is 5. The number of hydrogen-bond donors (Lipinski definition) is 32. The molecule has 126 heavy (non-hydrogen) atoms. The Bertz CT molecular complexity index is 3440. The number of nitrogens with one attached hydrogen (secondary N) is 5. The third-order valence-electron chi connectivity index (χ3n) is 22.9. The Balaban J connectivity index is 0.984. The zero-order chi connectivity index (χ0) is 92.8. The van der Waals surface area contributed by atoms with Gasteiger partial charge in [0.1, 0.15) is 244 Å². The lowest BCUT2D eigenvalue weighted by Crippen LogP contribution is -2.71. The van der Waals surface area contributed by atoms with E-state index in [4.69, 9.17) is 90.0 Å². The predicted molar refractivity (Wildman–Crippen MR) is 388 cm³/mol. The van der Waals surface area contributed by atoms with E-state index in [1.165, 1.54) is 0 Å². The van der Waals surface area contributed by atoms with E-state index in [1.54, 1.807) is 0 Å². The number of amides is 5. The summed E-state index contributed by atoms with van der Waals surface area (Å²) in [6.07, 6.45) is -94.8. The lowest BCUT2D eigenvalue weighted by Gasteiger charge is -2.52. The molecule has 32 N–H and O–H groups in total. The molecule has 10 saturated heterocycles. The first kappa shape index (κ1) is 104. The quantitative estimate of drug-likeness (QED) is 0.0290. The molecule has 56 heteroatoms. The zero-order valence-electron chi connectivity index (χ0n) is 67.8. The molecule has 10 rings (SSSR count). The zero-order valence-corrected chi connectivity index (χ0v) is 67.8. The molecular formula is C70H117N5O51. The molecule has 0 aromatic rings. The molecule has 0 unspecified atom stereocenters. The Morgan fingerprint density at radius 3 is 0.802 bits per heavy atom. The highest BCUT2D eigenvalue weighted by Crippen LogP contribution is 2.41. The third-order valence-corrected chi connectivity index (χ3v) is 22.9. The summed E-state index contributed by atoms with van der Waals surface area (Å²) in [4.78, 5) is 64.0. The van der Waals surface area contributed by atoms with E-state index in [0.717, 1.165) is 34.6 Å². The van der Waals surface area contributed by atoms with E-state index >= 15 is 0 Å². The van der Waals surface area contributed by atoms with E-state index in [9.17, 15) is 162 Å². The maximum atomic E-state index is 13.1. The van der Waals surface area contributed by atoms with Gasteiger partial charge in [0.2, 0.25) is 29.5 Å². The van der Waals surface area contributed by atoms with Crippen LogP contribution in [0.1, 0.15) is 34.6 Å². The van der Waals surface area contributed by atoms with Gasteiger partial charge in [0.05, 0.1) is 66.1 Å². The van der Waals surface area contributed by atoms with E-state index in [2.05, 4.69) is 26.6 Å². The molecule has 0 spiro atoms. The van der Waals surface area contributed by atoms with Crippen LogP contribution >= 0.6 is 0 Å². The van der Waals surface area contributed by atoms with Crippen molar-refractivity contribution in [3.8, 4) is 0 Å². The van der Waals surface area contributed by atoms with Crippen LogP contribution in [0.4, 0.5) is 0 Å². The lowest BCUT2D eigenvalue weighted by atomic mass is 9.93. The lowest BCUT2D eigenvalue weighted by molar-refractivity contribution is -0.404. The summed E-state index contributed by atoms with van der Waals surface area (Å²) < 4.78 is 113. The Morgan fingerprint density at radius 2 is 0.444 bits per heavy atom. The molecule has 56 nitrogen and oxygen atoms in total. The molecule has 0 bridgehead atoms. The Morgan fingerprint density at radius 1 is 0.206 bits per heavy atom. The second-order valence-corrected chi connectivity index (χ2v) is 31.7. The molecule has 10 fully saturated rings. The van der Waals surface area contributed by atoms with Crippen LogP contribution in [0.2, 0.25) is 0 Å². The average molecular weight is 1840 g/mol. The Hall–Kier alpha value is -4.49. The van der Waals surface area contributed by atoms with Crippen LogP contribution in [0.3, 0.4) is 0 Å². The number of aliphatic hydroxyl groups is 27. The van der Waals surface area contributed by atoms with Gasteiger partial charge >= 0.3 is 0 Å². The van der Waals surface area contributed by atoms with Crippen molar-refractivity contribution in [2.24, 2.45) is 0 Å². The maximum Gasteiger partial charge on any atom is 0.217 e. The van der Waals surface area contributed by atoms with Crippen LogP contribution in [0.25, 0.3) is 0 Å². The summed E-state index contributed by atoms with van der Waals surface area (Å²) in [6, 6.07) is -9.39. The first-order chi connectivity index (χ1) is 59.6. The largest absolute Gasteiger partial charge is 0.394 e. The Kier molecular flexibility index (Phi) is 37.4. The molecule has 728 valence electrons. The van der Waals surface area contributed by atoms with Crippen LogP contribution in [0.15, 0.2) is 0 Å². The standard InChI is InChI=1S/C70H117N5O51/c1-16(85)71-31-41(95)53(24(9-79)109-61(31)107)119-63-33(73-18(3)87)44(98)56(27(12-82)113-63)124-69-52(106)59(39(93)30(118-69)15-108-66-50(104)47(101)57(28(13-83)116-66)120-64-34(74-19(4)88)42(96)54(25(10-80)114-64)122-67-48(102)45(99)37(91)22(7-77)111-67)125-70-60(126-62-32(72-17(2)86)40(94)36(90)21(6-76)110-62)51(105)58(29(14-84)117-70)121-65-35(75-20(5)89)43(97)55(26(11-81)115-65)123-68-49(103)46(100)38(92)23(8-78)112-68/h21-70,76-84,90-107H,6-15H2,1-5H3,(H,71,85)(H,72,86)(H,73,87)(H,74,88)(H,75,89)/t21-,22-,23-,24-,25-,26-,27-,28-,29-,30-,31-,32-,33-,34-,35-,36-,37+,38+,39-,40-,41-,42-,43-,44-,45+,46+,47-,48-,49-,50+,51+,52+,53-,54-,55-,56-,57-,58-,59+,60+,61-,62+,63+,64+,65+,66+,67+,68+,69+,70-/m1/s1. The minimum atomic E-state index is -2.65. The molecule has 0 aliphatic carbocycles. The number of rotatable bonds is 33. The van der Waals surface area contributed by atoms with Crippen molar-refractivity contribution in [3.63, 3.8) is 0 Å². The number of aliphatic hydroxyl groups excluding tert-OH is 27. The molecule has 10 aliphatic heterocycles. The van der Waals surface area contributed by atoms with Gasteiger partial charge in [0.25, 0.3) is 0 Å². The van der Waals surface area contributed by atoms with E-state index in [1.807, 2.05) is 0 Å². The van der Waals surface area contributed by atoms with Crippen LogP contribution in [-0.2, 0) is 114 Å². The number of ether oxygens (including phenoxy) is 19. The highest BCUT2D eigenvalue weighted by atomic mass is 16.8. The van der Waals surface area contributed by atoms with E-state index < -0.39 is 402 Å². The fraction of sp³-hybridized carbons (Fsp3) is 0.929. The monoisotopic (exact) mass is 1840 g/mol. The second-order valence-electron chi connectivity index (χ2n) is 31.7. The van der Waals surface area contributed by atoms with Gasteiger partial charge in [-0.3, -0.25) is 24.0 Å². The molecule has 10 heterocycles. The topological polar surface area (TPSA) is 867 Å². The smallest absolute Gasteiger partial charge is 0.217 e. The van der Waals surface area contributed by atoms with Gasteiger partial charge in [-0.2, -0.15) is 0 Å². The minimum absolute atomic E-state index is 0.805. The van der Waals surface area contributed by atoms with Gasteiger partial charge in [0.15, 0.2) is 62.9 Å². The summed E-state index contributed by atoms with van der Waals surface area (Å²) in [6.45, 7) is -6.53. The fourth-order valence-corrected chi connectivity index (χ4v) is 16.4. The van der Waals surface area contributed by atoms with Gasteiger partial charge in [0, 0.05) is 34.6 Å². The minimum Gasteiger partial charge on any atom is -0.394 e. The maximum absolute atomic E-state index is 13.1. The second kappa shape index (κ2) is 45.5. The highest BCUT2D eigenvalue weighted by molar-refractivity contribution is 5.75. The summed E-state index contributed by atoms with van der Waals surface area (Å²) in [5, 5.41) is 314. The van der Waals surface area contributed by atoms with Crippen molar-refractivity contribution in [3.05, 3.63) is 0 Å². The van der Waals surface area contributed by atoms with Crippen molar-refractivity contribution in [1.82, 2.24) is 26.6 Å². The van der Waals surface area contributed by atoms with Gasteiger partial charge in [-0.15, -0.1) is 0 Å².